The molecular formula is C20H23FN10O10P2S. The van der Waals surface area contributed by atoms with Gasteiger partial charge in [-0.15, -0.1) is 0 Å². The molecule has 7 N–H and O–H groups in total. The van der Waals surface area contributed by atoms with Gasteiger partial charge in [0.2, 0.25) is 0 Å². The van der Waals surface area contributed by atoms with Crippen molar-refractivity contribution in [1.29, 1.82) is 0 Å². The van der Waals surface area contributed by atoms with E-state index in [1.54, 1.807) is 0 Å². The predicted octanol–water partition coefficient (Wildman–Crippen LogP) is -0.541. The Morgan fingerprint density at radius 2 is 1.41 bits per heavy atom. The largest absolute Gasteiger partial charge is 0.472 e. The van der Waals surface area contributed by atoms with Crippen LogP contribution in [0.15, 0.2) is 25.3 Å². The van der Waals surface area contributed by atoms with Gasteiger partial charge in [-0.05, 0) is 11.8 Å². The molecule has 10 atom stereocenters. The SMILES string of the molecule is Nc1ncnc2c1ncn2[C@@H]1O[C@@H]2COP(=O)(O)O[C@@H]3C(F)[C@H](n4cnc5c(N)ncnc54)O[C@@H]3COP(O)(=S)OC1[C@H]2O. The van der Waals surface area contributed by atoms with Crippen molar-refractivity contribution >= 4 is 60.3 Å². The summed E-state index contributed by atoms with van der Waals surface area (Å²) < 4.78 is 64.7. The van der Waals surface area contributed by atoms with Crippen LogP contribution in [0, 0.1) is 0 Å². The van der Waals surface area contributed by atoms with Crippen LogP contribution in [0.4, 0.5) is 16.0 Å². The molecule has 3 aliphatic rings. The van der Waals surface area contributed by atoms with Crippen LogP contribution in [0.2, 0.25) is 0 Å². The van der Waals surface area contributed by atoms with E-state index in [1.165, 1.54) is 28.1 Å². The van der Waals surface area contributed by atoms with Crippen molar-refractivity contribution in [2.45, 2.75) is 49.1 Å². The standard InChI is InChI=1S/C20H23FN10O10P2S/c21-9-13-8(39-19(9)30-5-28-10-15(22)24-3-26-17(10)30)2-37-43(35,44)41-14-12(32)7(1-36-42(33,34)40-13)38-20(14)31-6-29-11-16(23)25-4-27-18(11)31/h3-9,12-14,19-20,32H,1-2H2,(H,33,34)(H,35,44)(H2,22,24,26)(H2,23,25,27)/t7-,8-,9?,12+,13+,14?,19-,20-,43?/m1/s1. The highest BCUT2D eigenvalue weighted by atomic mass is 32.5. The van der Waals surface area contributed by atoms with Gasteiger partial charge >= 0.3 is 14.5 Å². The number of halogens is 1. The molecule has 7 rings (SSSR count). The third kappa shape index (κ3) is 5.15. The number of aromatic nitrogens is 8. The number of phosphoric acid groups is 1. The van der Waals surface area contributed by atoms with Gasteiger partial charge in [0.15, 0.2) is 41.6 Å². The molecule has 0 spiro atoms. The normalized spacial score (nSPS) is 38.3. The van der Waals surface area contributed by atoms with Crippen molar-refractivity contribution < 1.29 is 51.4 Å². The van der Waals surface area contributed by atoms with Gasteiger partial charge in [0.05, 0.1) is 25.9 Å². The minimum atomic E-state index is -5.05. The molecule has 2 bridgehead atoms. The highest BCUT2D eigenvalue weighted by Gasteiger charge is 2.54. The minimum absolute atomic E-state index is 0.0348. The number of hydrogen-bond acceptors (Lipinski definition) is 17. The quantitative estimate of drug-likeness (QED) is 0.167. The van der Waals surface area contributed by atoms with E-state index in [0.717, 1.165) is 6.33 Å². The number of fused-ring (bicyclic) bond motifs is 5. The lowest BCUT2D eigenvalue weighted by molar-refractivity contribution is -0.0635. The number of nitrogens with two attached hydrogens (primary N) is 2. The van der Waals surface area contributed by atoms with Gasteiger partial charge < -0.3 is 40.4 Å². The molecule has 4 unspecified atom stereocenters. The van der Waals surface area contributed by atoms with Gasteiger partial charge in [-0.2, -0.15) is 0 Å². The molecule has 3 fully saturated rings. The first-order valence-corrected chi connectivity index (χ1v) is 16.8. The number of rotatable bonds is 2. The van der Waals surface area contributed by atoms with Gasteiger partial charge in [0.25, 0.3) is 0 Å². The van der Waals surface area contributed by atoms with Crippen LogP contribution in [0.3, 0.4) is 0 Å². The fourth-order valence-electron chi connectivity index (χ4n) is 5.19. The molecule has 20 nitrogen and oxygen atoms in total. The lowest BCUT2D eigenvalue weighted by Gasteiger charge is -2.27. The number of alkyl halides is 1. The van der Waals surface area contributed by atoms with Crippen molar-refractivity contribution in [1.82, 2.24) is 39.0 Å². The van der Waals surface area contributed by atoms with Gasteiger partial charge in [0, 0.05) is 0 Å². The monoisotopic (exact) mass is 676 g/mol. The summed E-state index contributed by atoms with van der Waals surface area (Å²) >= 11 is 5.21. The van der Waals surface area contributed by atoms with E-state index in [4.69, 9.17) is 50.8 Å². The van der Waals surface area contributed by atoms with E-state index in [2.05, 4.69) is 29.9 Å². The summed E-state index contributed by atoms with van der Waals surface area (Å²) in [5.74, 6) is 0.101. The van der Waals surface area contributed by atoms with Gasteiger partial charge in [0.1, 0.15) is 54.2 Å². The Balaban J connectivity index is 1.20. The Morgan fingerprint density at radius 1 is 0.841 bits per heavy atom. The Kier molecular flexibility index (Phi) is 7.39. The number of aliphatic hydroxyl groups excluding tert-OH is 1. The van der Waals surface area contributed by atoms with Crippen LogP contribution in [-0.4, -0.2) is 104 Å². The van der Waals surface area contributed by atoms with E-state index in [-0.39, 0.29) is 34.0 Å². The van der Waals surface area contributed by atoms with Crippen LogP contribution < -0.4 is 11.5 Å². The fraction of sp³-hybridized carbons (Fsp3) is 0.500. The molecule has 0 saturated carbocycles. The van der Waals surface area contributed by atoms with E-state index < -0.39 is 76.9 Å². The zero-order chi connectivity index (χ0) is 31.0. The zero-order valence-electron chi connectivity index (χ0n) is 22.0. The second kappa shape index (κ2) is 10.9. The summed E-state index contributed by atoms with van der Waals surface area (Å²) in [7, 11) is -5.05. The molecule has 4 aromatic heterocycles. The Bertz CT molecular complexity index is 1830. The minimum Gasteiger partial charge on any atom is -0.387 e. The van der Waals surface area contributed by atoms with Crippen LogP contribution in [0.25, 0.3) is 22.3 Å². The molecule has 0 radical (unpaired) electrons. The Hall–Kier alpha value is -2.85. The number of phosphoric ester groups is 1. The molecule has 0 aliphatic carbocycles. The Labute approximate surface area is 249 Å². The number of nitrogen functional groups attached to an aromatic ring is 2. The van der Waals surface area contributed by atoms with Crippen LogP contribution >= 0.6 is 14.5 Å². The summed E-state index contributed by atoms with van der Waals surface area (Å²) in [5, 5.41) is 11.1. The third-order valence-electron chi connectivity index (χ3n) is 7.22. The van der Waals surface area contributed by atoms with Crippen molar-refractivity contribution in [3.05, 3.63) is 25.3 Å². The molecule has 4 aromatic rings. The molecule has 3 saturated heterocycles. The topological polar surface area (TPSA) is 272 Å². The van der Waals surface area contributed by atoms with Crippen molar-refractivity contribution in [3.63, 3.8) is 0 Å². The van der Waals surface area contributed by atoms with E-state index in [9.17, 15) is 19.5 Å². The second-order valence-corrected chi connectivity index (χ2v) is 14.1. The number of anilines is 2. The first kappa shape index (κ1) is 29.8. The van der Waals surface area contributed by atoms with Gasteiger partial charge in [-0.3, -0.25) is 22.7 Å². The summed E-state index contributed by atoms with van der Waals surface area (Å²) in [6.45, 7) is -5.66. The molecule has 0 amide bonds. The van der Waals surface area contributed by atoms with E-state index in [0.29, 0.717) is 0 Å². The molecule has 0 aromatic carbocycles. The molecule has 7 heterocycles. The maximum absolute atomic E-state index is 15.9. The maximum atomic E-state index is 15.9. The number of ether oxygens (including phenoxy) is 2. The summed E-state index contributed by atoms with van der Waals surface area (Å²) in [6.07, 6.45) is -7.61. The predicted molar refractivity (Wildman–Crippen MR) is 146 cm³/mol. The first-order chi connectivity index (χ1) is 20.9. The van der Waals surface area contributed by atoms with E-state index >= 15 is 4.39 Å². The van der Waals surface area contributed by atoms with Gasteiger partial charge in [-0.25, -0.2) is 38.9 Å². The first-order valence-electron chi connectivity index (χ1n) is 12.7. The van der Waals surface area contributed by atoms with Crippen molar-refractivity contribution in [2.24, 2.45) is 0 Å². The zero-order valence-corrected chi connectivity index (χ0v) is 24.6. The smallest absolute Gasteiger partial charge is 0.387 e. The van der Waals surface area contributed by atoms with Crippen LogP contribution in [-0.2, 0) is 43.9 Å². The second-order valence-electron chi connectivity index (χ2n) is 9.90. The molecule has 44 heavy (non-hydrogen) atoms. The summed E-state index contributed by atoms with van der Waals surface area (Å²) in [4.78, 5) is 45.8. The van der Waals surface area contributed by atoms with E-state index in [1.807, 2.05) is 0 Å². The molecule has 236 valence electrons. The summed E-state index contributed by atoms with van der Waals surface area (Å²) in [5.41, 5.74) is 12.4. The lowest BCUT2D eigenvalue weighted by Crippen LogP contribution is -2.35. The van der Waals surface area contributed by atoms with Crippen molar-refractivity contribution in [2.75, 3.05) is 24.7 Å². The summed E-state index contributed by atoms with van der Waals surface area (Å²) in [6, 6.07) is 0. The highest BCUT2D eigenvalue weighted by molar-refractivity contribution is 8.07. The number of hydrogen-bond donors (Lipinski definition) is 5. The molecular weight excluding hydrogens is 653 g/mol. The fourth-order valence-corrected chi connectivity index (χ4v) is 7.56. The Morgan fingerprint density at radius 3 is 2.05 bits per heavy atom. The lowest BCUT2D eigenvalue weighted by atomic mass is 10.1. The highest BCUT2D eigenvalue weighted by Crippen LogP contribution is 2.54. The number of nitrogens with zero attached hydrogens (tertiary/aromatic N) is 8. The van der Waals surface area contributed by atoms with Gasteiger partial charge in [-0.1, -0.05) is 0 Å². The molecule has 24 heteroatoms. The number of aliphatic hydroxyl groups is 1. The van der Waals surface area contributed by atoms with Crippen LogP contribution in [0.1, 0.15) is 12.5 Å². The molecule has 3 aliphatic heterocycles. The average molecular weight is 676 g/mol. The average Bonchev–Trinajstić information content (AvgIpc) is 3.73. The van der Waals surface area contributed by atoms with Crippen molar-refractivity contribution in [3.8, 4) is 0 Å². The van der Waals surface area contributed by atoms with Crippen LogP contribution in [0.5, 0.6) is 0 Å². The third-order valence-corrected chi connectivity index (χ3v) is 9.76. The maximum Gasteiger partial charge on any atom is 0.472 e. The number of imidazole rings is 2.